The zero-order valence-electron chi connectivity index (χ0n) is 15.7. The molecule has 3 rings (SSSR count). The van der Waals surface area contributed by atoms with Gasteiger partial charge in [-0.25, -0.2) is 12.7 Å². The lowest BCUT2D eigenvalue weighted by molar-refractivity contribution is -0.169. The van der Waals surface area contributed by atoms with E-state index in [1.165, 1.54) is 32.4 Å². The minimum Gasteiger partial charge on any atom is -0.468 e. The van der Waals surface area contributed by atoms with Crippen LogP contribution in [0.4, 0.5) is 0 Å². The zero-order chi connectivity index (χ0) is 20.7. The SMILES string of the molecule is COC(=O)[C@]12C=CC(=O)N(S(=O)(=O)c3ccc(C)cc3)[C@H]1CC(=O)C[C@@H]2OC. The number of hydrogen-bond donors (Lipinski definition) is 0. The van der Waals surface area contributed by atoms with Crippen molar-refractivity contribution in [2.24, 2.45) is 5.41 Å². The third kappa shape index (κ3) is 2.94. The number of aryl methyl sites for hydroxylation is 1. The van der Waals surface area contributed by atoms with Crippen molar-refractivity contribution in [3.05, 3.63) is 42.0 Å². The quantitative estimate of drug-likeness (QED) is 0.685. The lowest BCUT2D eigenvalue weighted by atomic mass is 9.66. The first-order valence-corrected chi connectivity index (χ1v) is 10.1. The molecule has 28 heavy (non-hydrogen) atoms. The van der Waals surface area contributed by atoms with E-state index in [0.29, 0.717) is 4.31 Å². The van der Waals surface area contributed by atoms with Gasteiger partial charge in [-0.2, -0.15) is 0 Å². The van der Waals surface area contributed by atoms with E-state index < -0.39 is 39.5 Å². The average Bonchev–Trinajstić information content (AvgIpc) is 2.66. The number of benzene rings is 1. The standard InChI is InChI=1S/C19H21NO7S/c1-12-4-6-14(7-5-12)28(24,25)20-15-10-13(21)11-16(26-2)19(15,18(23)27-3)9-8-17(20)22/h4-9,15-16H,10-11H2,1-3H3/t15-,16-,19+/m0/s1. The van der Waals surface area contributed by atoms with Gasteiger partial charge in [0.1, 0.15) is 11.2 Å². The highest BCUT2D eigenvalue weighted by atomic mass is 32.2. The molecule has 0 unspecified atom stereocenters. The van der Waals surface area contributed by atoms with Crippen molar-refractivity contribution in [3.8, 4) is 0 Å². The molecule has 1 aromatic rings. The number of fused-ring (bicyclic) bond motifs is 1. The third-order valence-electron chi connectivity index (χ3n) is 5.32. The van der Waals surface area contributed by atoms with Crippen LogP contribution in [0, 0.1) is 12.3 Å². The highest BCUT2D eigenvalue weighted by Crippen LogP contribution is 2.46. The largest absolute Gasteiger partial charge is 0.468 e. The average molecular weight is 407 g/mol. The Morgan fingerprint density at radius 3 is 2.36 bits per heavy atom. The normalized spacial score (nSPS) is 27.5. The molecule has 3 atom stereocenters. The minimum absolute atomic E-state index is 0.0843. The fraction of sp³-hybridized carbons (Fsp3) is 0.421. The number of amides is 1. The molecule has 1 amide bonds. The second kappa shape index (κ2) is 7.14. The topological polar surface area (TPSA) is 107 Å². The molecule has 0 spiro atoms. The van der Waals surface area contributed by atoms with Crippen molar-refractivity contribution >= 4 is 27.7 Å². The molecule has 1 aliphatic carbocycles. The number of nitrogens with zero attached hydrogens (tertiary/aromatic N) is 1. The molecule has 2 aliphatic rings. The van der Waals surface area contributed by atoms with Crippen LogP contribution < -0.4 is 0 Å². The lowest BCUT2D eigenvalue weighted by Gasteiger charge is -2.49. The second-order valence-electron chi connectivity index (χ2n) is 6.90. The summed E-state index contributed by atoms with van der Waals surface area (Å²) < 4.78 is 37.5. The maximum Gasteiger partial charge on any atom is 0.320 e. The number of carbonyl (C=O) groups excluding carboxylic acids is 3. The predicted molar refractivity (Wildman–Crippen MR) is 97.6 cm³/mol. The van der Waals surface area contributed by atoms with Crippen LogP contribution in [0.25, 0.3) is 0 Å². The highest BCUT2D eigenvalue weighted by Gasteiger charge is 2.61. The van der Waals surface area contributed by atoms with Gasteiger partial charge < -0.3 is 9.47 Å². The molecule has 0 aromatic heterocycles. The molecule has 1 aromatic carbocycles. The van der Waals surface area contributed by atoms with Gasteiger partial charge in [-0.05, 0) is 19.1 Å². The van der Waals surface area contributed by atoms with Crippen molar-refractivity contribution in [2.45, 2.75) is 36.8 Å². The summed E-state index contributed by atoms with van der Waals surface area (Å²) in [5, 5.41) is 0. The van der Waals surface area contributed by atoms with Gasteiger partial charge in [0.2, 0.25) is 0 Å². The molecule has 0 radical (unpaired) electrons. The third-order valence-corrected chi connectivity index (χ3v) is 7.14. The van der Waals surface area contributed by atoms with Gasteiger partial charge in [0.15, 0.2) is 0 Å². The first kappa shape index (κ1) is 20.2. The summed E-state index contributed by atoms with van der Waals surface area (Å²) in [4.78, 5) is 37.6. The van der Waals surface area contributed by atoms with Crippen LogP contribution in [0.5, 0.6) is 0 Å². The Hall–Kier alpha value is -2.52. The Bertz CT molecular complexity index is 951. The van der Waals surface area contributed by atoms with Crippen molar-refractivity contribution < 1.29 is 32.3 Å². The molecule has 150 valence electrons. The van der Waals surface area contributed by atoms with Gasteiger partial charge in [-0.1, -0.05) is 23.8 Å². The molecular weight excluding hydrogens is 386 g/mol. The summed E-state index contributed by atoms with van der Waals surface area (Å²) in [7, 11) is -1.82. The molecule has 1 aliphatic heterocycles. The van der Waals surface area contributed by atoms with E-state index in [9.17, 15) is 22.8 Å². The van der Waals surface area contributed by atoms with Crippen molar-refractivity contribution in [1.82, 2.24) is 4.31 Å². The fourth-order valence-electron chi connectivity index (χ4n) is 3.89. The van der Waals surface area contributed by atoms with Crippen molar-refractivity contribution in [2.75, 3.05) is 14.2 Å². The maximum absolute atomic E-state index is 13.3. The molecule has 1 heterocycles. The van der Waals surface area contributed by atoms with E-state index in [1.807, 2.05) is 0 Å². The summed E-state index contributed by atoms with van der Waals surface area (Å²) in [5.74, 6) is -1.89. The van der Waals surface area contributed by atoms with Crippen LogP contribution in [-0.4, -0.2) is 56.7 Å². The number of ether oxygens (including phenoxy) is 2. The van der Waals surface area contributed by atoms with Crippen LogP contribution in [0.1, 0.15) is 18.4 Å². The molecule has 0 bridgehead atoms. The Labute approximate surface area is 163 Å². The Morgan fingerprint density at radius 2 is 1.79 bits per heavy atom. The van der Waals surface area contributed by atoms with Gasteiger partial charge in [-0.15, -0.1) is 0 Å². The van der Waals surface area contributed by atoms with Crippen molar-refractivity contribution in [3.63, 3.8) is 0 Å². The first-order valence-electron chi connectivity index (χ1n) is 8.65. The number of ketones is 1. The van der Waals surface area contributed by atoms with E-state index in [2.05, 4.69) is 0 Å². The van der Waals surface area contributed by atoms with Crippen LogP contribution in [0.2, 0.25) is 0 Å². The van der Waals surface area contributed by atoms with Gasteiger partial charge in [0, 0.05) is 26.0 Å². The smallest absolute Gasteiger partial charge is 0.320 e. The summed E-state index contributed by atoms with van der Waals surface area (Å²) in [6, 6.07) is 4.71. The second-order valence-corrected chi connectivity index (χ2v) is 8.71. The van der Waals surface area contributed by atoms with Gasteiger partial charge in [0.25, 0.3) is 15.9 Å². The fourth-order valence-corrected chi connectivity index (χ4v) is 5.48. The minimum atomic E-state index is -4.32. The van der Waals surface area contributed by atoms with E-state index >= 15 is 0 Å². The number of Topliss-reactive ketones (excluding diaryl/α,β-unsaturated/α-hetero) is 1. The maximum atomic E-state index is 13.3. The monoisotopic (exact) mass is 407 g/mol. The lowest BCUT2D eigenvalue weighted by Crippen LogP contribution is -2.65. The van der Waals surface area contributed by atoms with Gasteiger partial charge >= 0.3 is 5.97 Å². The van der Waals surface area contributed by atoms with Gasteiger partial charge in [-0.3, -0.25) is 14.4 Å². The Morgan fingerprint density at radius 1 is 1.14 bits per heavy atom. The van der Waals surface area contributed by atoms with Crippen LogP contribution in [-0.2, 0) is 33.9 Å². The summed E-state index contributed by atoms with van der Waals surface area (Å²) in [6.45, 7) is 1.80. The predicted octanol–water partition coefficient (Wildman–Crippen LogP) is 0.988. The van der Waals surface area contributed by atoms with Crippen molar-refractivity contribution in [1.29, 1.82) is 0 Å². The number of esters is 1. The molecule has 0 N–H and O–H groups in total. The molecule has 0 saturated heterocycles. The summed E-state index contributed by atoms with van der Waals surface area (Å²) in [6.07, 6.45) is 1.01. The molecule has 9 heteroatoms. The molecule has 1 saturated carbocycles. The number of hydrogen-bond acceptors (Lipinski definition) is 7. The van der Waals surface area contributed by atoms with E-state index in [1.54, 1.807) is 19.1 Å². The molecule has 8 nitrogen and oxygen atoms in total. The number of sulfonamides is 1. The van der Waals surface area contributed by atoms with E-state index in [4.69, 9.17) is 9.47 Å². The van der Waals surface area contributed by atoms with Crippen LogP contribution >= 0.6 is 0 Å². The number of methoxy groups -OCH3 is 2. The zero-order valence-corrected chi connectivity index (χ0v) is 16.6. The highest BCUT2D eigenvalue weighted by molar-refractivity contribution is 7.89. The molecule has 1 fully saturated rings. The number of carbonyl (C=O) groups is 3. The summed E-state index contributed by atoms with van der Waals surface area (Å²) in [5.41, 5.74) is -0.747. The van der Waals surface area contributed by atoms with Gasteiger partial charge in [0.05, 0.1) is 24.2 Å². The summed E-state index contributed by atoms with van der Waals surface area (Å²) >= 11 is 0. The Kier molecular flexibility index (Phi) is 5.16. The van der Waals surface area contributed by atoms with E-state index in [0.717, 1.165) is 11.6 Å². The molecular formula is C19H21NO7S. The van der Waals surface area contributed by atoms with E-state index in [-0.39, 0.29) is 23.5 Å². The Balaban J connectivity index is 2.20. The van der Waals surface area contributed by atoms with Crippen LogP contribution in [0.3, 0.4) is 0 Å². The number of rotatable bonds is 4. The first-order chi connectivity index (χ1) is 13.2. The van der Waals surface area contributed by atoms with Crippen LogP contribution in [0.15, 0.2) is 41.3 Å².